The van der Waals surface area contributed by atoms with Crippen LogP contribution in [0.15, 0.2) is 0 Å². The summed E-state index contributed by atoms with van der Waals surface area (Å²) in [5, 5.41) is 26.9. The summed E-state index contributed by atoms with van der Waals surface area (Å²) < 4.78 is 0. The van der Waals surface area contributed by atoms with E-state index in [0.29, 0.717) is 28.8 Å². The third kappa shape index (κ3) is 17.5. The van der Waals surface area contributed by atoms with Gasteiger partial charge in [0.05, 0.1) is 12.2 Å². The molecular weight excluding hydrogens is 468 g/mol. The van der Waals surface area contributed by atoms with E-state index in [1.54, 1.807) is 0 Å². The lowest BCUT2D eigenvalue weighted by Crippen LogP contribution is -2.34. The number of hydrogen-bond donors (Lipinski definition) is 3. The minimum atomic E-state index is -0.0382. The summed E-state index contributed by atoms with van der Waals surface area (Å²) in [4.78, 5) is 0. The van der Waals surface area contributed by atoms with Crippen LogP contribution in [0, 0.1) is 39.9 Å². The third-order valence-electron chi connectivity index (χ3n) is 9.15. The number of rotatable bonds is 2. The van der Waals surface area contributed by atoms with E-state index in [1.807, 2.05) is 6.92 Å². The second kappa shape index (κ2) is 18.3. The number of aliphatic hydroxyl groups excluding tert-OH is 3. The van der Waals surface area contributed by atoms with E-state index >= 15 is 0 Å². The molecule has 3 nitrogen and oxygen atoms in total. The molecule has 0 saturated heterocycles. The van der Waals surface area contributed by atoms with Gasteiger partial charge in [-0.05, 0) is 91.3 Å². The summed E-state index contributed by atoms with van der Waals surface area (Å²) in [7, 11) is 0. The fraction of sp³-hybridized carbons (Fsp3) is 1.00. The molecule has 0 aromatic heterocycles. The number of aliphatic hydroxyl groups is 3. The molecule has 3 fully saturated rings. The maximum atomic E-state index is 9.70. The Hall–Kier alpha value is -0.120. The van der Waals surface area contributed by atoms with Gasteiger partial charge >= 0.3 is 0 Å². The van der Waals surface area contributed by atoms with Crippen LogP contribution in [0.5, 0.6) is 0 Å². The van der Waals surface area contributed by atoms with Crippen LogP contribution in [0.1, 0.15) is 166 Å². The first-order chi connectivity index (χ1) is 17.4. The molecule has 4 unspecified atom stereocenters. The third-order valence-corrected chi connectivity index (χ3v) is 9.15. The van der Waals surface area contributed by atoms with Crippen LogP contribution in [-0.4, -0.2) is 34.1 Å². The fourth-order valence-corrected chi connectivity index (χ4v) is 6.55. The highest BCUT2D eigenvalue weighted by molar-refractivity contribution is 4.83. The van der Waals surface area contributed by atoms with Crippen LogP contribution in [-0.2, 0) is 0 Å². The van der Waals surface area contributed by atoms with Crippen molar-refractivity contribution in [3.63, 3.8) is 0 Å². The molecule has 0 aromatic carbocycles. The minimum absolute atomic E-state index is 0.00593. The molecule has 0 amide bonds. The van der Waals surface area contributed by atoms with Crippen molar-refractivity contribution in [3.05, 3.63) is 0 Å². The molecule has 3 saturated carbocycles. The highest BCUT2D eigenvalue weighted by Gasteiger charge is 2.32. The van der Waals surface area contributed by atoms with Crippen molar-refractivity contribution in [2.75, 3.05) is 6.61 Å². The Kier molecular flexibility index (Phi) is 18.3. The molecule has 38 heavy (non-hydrogen) atoms. The second-order valence-corrected chi connectivity index (χ2v) is 16.2. The molecule has 0 spiro atoms. The fourth-order valence-electron chi connectivity index (χ4n) is 6.55. The van der Waals surface area contributed by atoms with Crippen molar-refractivity contribution in [2.24, 2.45) is 39.9 Å². The zero-order valence-electron chi connectivity index (χ0n) is 27.9. The van der Waals surface area contributed by atoms with E-state index in [0.717, 1.165) is 43.4 Å². The van der Waals surface area contributed by atoms with Crippen LogP contribution < -0.4 is 0 Å². The molecule has 0 aromatic rings. The van der Waals surface area contributed by atoms with Crippen LogP contribution in [0.4, 0.5) is 0 Å². The van der Waals surface area contributed by atoms with E-state index in [-0.39, 0.29) is 12.2 Å². The Balaban J connectivity index is 0.000000505. The van der Waals surface area contributed by atoms with Gasteiger partial charge < -0.3 is 15.3 Å². The molecule has 0 bridgehead atoms. The zero-order chi connectivity index (χ0) is 29.6. The van der Waals surface area contributed by atoms with Crippen molar-refractivity contribution in [1.82, 2.24) is 0 Å². The van der Waals surface area contributed by atoms with Crippen molar-refractivity contribution < 1.29 is 15.3 Å². The Morgan fingerprint density at radius 3 is 1.47 bits per heavy atom. The largest absolute Gasteiger partial charge is 0.396 e. The van der Waals surface area contributed by atoms with Gasteiger partial charge in [0.25, 0.3) is 0 Å². The predicted molar refractivity (Wildman–Crippen MR) is 167 cm³/mol. The van der Waals surface area contributed by atoms with E-state index in [1.165, 1.54) is 64.2 Å². The normalized spacial score (nSPS) is 30.5. The van der Waals surface area contributed by atoms with E-state index < -0.39 is 0 Å². The molecule has 0 radical (unpaired) electrons. The quantitative estimate of drug-likeness (QED) is 0.326. The Bertz CT molecular complexity index is 555. The average Bonchev–Trinajstić information content (AvgIpc) is 2.80. The van der Waals surface area contributed by atoms with Crippen molar-refractivity contribution in [2.45, 2.75) is 178 Å². The summed E-state index contributed by atoms with van der Waals surface area (Å²) in [6.45, 7) is 25.4. The van der Waals surface area contributed by atoms with E-state index in [9.17, 15) is 10.2 Å². The van der Waals surface area contributed by atoms with Crippen molar-refractivity contribution in [3.8, 4) is 0 Å². The Labute approximate surface area is 240 Å². The maximum Gasteiger partial charge on any atom is 0.0573 e. The van der Waals surface area contributed by atoms with Crippen LogP contribution in [0.3, 0.4) is 0 Å². The van der Waals surface area contributed by atoms with Crippen LogP contribution in [0.25, 0.3) is 0 Å². The predicted octanol–water partition coefficient (Wildman–Crippen LogP) is 9.80. The first kappa shape index (κ1) is 37.9. The van der Waals surface area contributed by atoms with E-state index in [2.05, 4.69) is 69.2 Å². The maximum absolute atomic E-state index is 9.70. The van der Waals surface area contributed by atoms with Gasteiger partial charge in [-0.25, -0.2) is 0 Å². The Morgan fingerprint density at radius 2 is 1.11 bits per heavy atom. The van der Waals surface area contributed by atoms with Gasteiger partial charge in [-0.3, -0.25) is 0 Å². The van der Waals surface area contributed by atoms with Gasteiger partial charge in [0.1, 0.15) is 0 Å². The van der Waals surface area contributed by atoms with Crippen molar-refractivity contribution >= 4 is 0 Å². The standard InChI is InChI=1S/C12H24.2C10H20O.C3H8O/c1-10-7-5-6-8-11(10)9-12(2,3)4;1-10(2,3)8-4-6-9(11)7-5-8;1-10(2,3)8-6-4-5-7-9(8)11;1-2-3-4/h10-11H,5-9H2,1-4H3;2*8-9,11H,4-7H2,1-3H3;4H,2-3H2,1H3. The molecule has 0 aliphatic heterocycles. The number of hydrogen-bond acceptors (Lipinski definition) is 3. The zero-order valence-corrected chi connectivity index (χ0v) is 27.9. The average molecular weight is 541 g/mol. The van der Waals surface area contributed by atoms with Gasteiger partial charge in [-0.2, -0.15) is 0 Å². The Morgan fingerprint density at radius 1 is 0.632 bits per heavy atom. The molecule has 3 heteroatoms. The molecule has 230 valence electrons. The highest BCUT2D eigenvalue weighted by atomic mass is 16.3. The second-order valence-electron chi connectivity index (χ2n) is 16.2. The summed E-state index contributed by atoms with van der Waals surface area (Å²) in [6, 6.07) is 0. The van der Waals surface area contributed by atoms with Crippen molar-refractivity contribution in [1.29, 1.82) is 0 Å². The van der Waals surface area contributed by atoms with Gasteiger partial charge in [-0.1, -0.05) is 115 Å². The van der Waals surface area contributed by atoms with Gasteiger partial charge in [-0.15, -0.1) is 0 Å². The SMILES string of the molecule is CC(C)(C)C1CCC(O)CC1.CC(C)(C)C1CCCCC1O.CC1CCCCC1CC(C)(C)C.CCCO. The highest BCUT2D eigenvalue weighted by Crippen LogP contribution is 2.39. The molecule has 3 rings (SSSR count). The van der Waals surface area contributed by atoms with E-state index in [4.69, 9.17) is 5.11 Å². The summed E-state index contributed by atoms with van der Waals surface area (Å²) in [5.41, 5.74) is 1.27. The molecule has 3 aliphatic rings. The summed E-state index contributed by atoms with van der Waals surface area (Å²) in [6.07, 6.45) is 17.4. The molecule has 4 atom stereocenters. The van der Waals surface area contributed by atoms with Gasteiger partial charge in [0.15, 0.2) is 0 Å². The smallest absolute Gasteiger partial charge is 0.0573 e. The minimum Gasteiger partial charge on any atom is -0.396 e. The topological polar surface area (TPSA) is 60.7 Å². The lowest BCUT2D eigenvalue weighted by molar-refractivity contribution is 0.0105. The molecule has 3 N–H and O–H groups in total. The van der Waals surface area contributed by atoms with Gasteiger partial charge in [0, 0.05) is 6.61 Å². The van der Waals surface area contributed by atoms with Crippen LogP contribution in [0.2, 0.25) is 0 Å². The molecule has 3 aliphatic carbocycles. The lowest BCUT2D eigenvalue weighted by atomic mass is 9.71. The first-order valence-corrected chi connectivity index (χ1v) is 16.4. The monoisotopic (exact) mass is 541 g/mol. The van der Waals surface area contributed by atoms with Crippen LogP contribution >= 0.6 is 0 Å². The summed E-state index contributed by atoms with van der Waals surface area (Å²) >= 11 is 0. The summed E-state index contributed by atoms with van der Waals surface area (Å²) in [5.74, 6) is 3.35. The lowest BCUT2D eigenvalue weighted by Gasteiger charge is -2.37. The molecular formula is C35H72O3. The first-order valence-electron chi connectivity index (χ1n) is 16.4. The van der Waals surface area contributed by atoms with Gasteiger partial charge in [0.2, 0.25) is 0 Å². The molecule has 0 heterocycles.